The second kappa shape index (κ2) is 4.02. The molecule has 0 radical (unpaired) electrons. The highest BCUT2D eigenvalue weighted by Gasteiger charge is 2.01. The lowest BCUT2D eigenvalue weighted by atomic mass is 10.2. The average Bonchev–Trinajstić information content (AvgIpc) is 2.57. The van der Waals surface area contributed by atoms with Gasteiger partial charge in [0, 0.05) is 24.2 Å². The van der Waals surface area contributed by atoms with E-state index >= 15 is 0 Å². The van der Waals surface area contributed by atoms with Gasteiger partial charge in [0.2, 0.25) is 0 Å². The highest BCUT2D eigenvalue weighted by Crippen LogP contribution is 2.16. The van der Waals surface area contributed by atoms with Gasteiger partial charge in [0.1, 0.15) is 0 Å². The van der Waals surface area contributed by atoms with Crippen molar-refractivity contribution < 1.29 is 0 Å². The topological polar surface area (TPSA) is 17.3 Å². The molecule has 0 bridgehead atoms. The van der Waals surface area contributed by atoms with Crippen LogP contribution >= 0.6 is 0 Å². The quantitative estimate of drug-likeness (QED) is 0.517. The van der Waals surface area contributed by atoms with E-state index in [0.717, 1.165) is 5.69 Å². The molecule has 2 aromatic rings. The van der Waals surface area contributed by atoms with Crippen LogP contribution in [0.25, 0.3) is 10.9 Å². The number of benzene rings is 1. The fourth-order valence-electron chi connectivity index (χ4n) is 1.63. The van der Waals surface area contributed by atoms with E-state index in [9.17, 15) is 0 Å². The lowest BCUT2D eigenvalue weighted by molar-refractivity contribution is 0.957. The Bertz CT molecular complexity index is 541. The first-order valence-corrected chi connectivity index (χ1v) is 4.80. The number of hydrogen-bond acceptors (Lipinski definition) is 1. The Morgan fingerprint density at radius 1 is 1.47 bits per heavy atom. The van der Waals surface area contributed by atoms with Crippen molar-refractivity contribution in [3.05, 3.63) is 36.0 Å². The Morgan fingerprint density at radius 3 is 3.00 bits per heavy atom. The SMILES string of the molecule is C#CC/N=C/c1cc2ccccc2n1C. The van der Waals surface area contributed by atoms with Crippen LogP contribution in [0.15, 0.2) is 35.3 Å². The van der Waals surface area contributed by atoms with Gasteiger partial charge in [0.15, 0.2) is 0 Å². The monoisotopic (exact) mass is 196 g/mol. The Labute approximate surface area is 89.3 Å². The lowest BCUT2D eigenvalue weighted by Gasteiger charge is -1.97. The van der Waals surface area contributed by atoms with Crippen LogP contribution in [-0.2, 0) is 7.05 Å². The largest absolute Gasteiger partial charge is 0.343 e. The van der Waals surface area contributed by atoms with E-state index in [0.29, 0.717) is 6.54 Å². The molecule has 0 aliphatic rings. The zero-order chi connectivity index (χ0) is 10.7. The molecule has 0 amide bonds. The average molecular weight is 196 g/mol. The van der Waals surface area contributed by atoms with Crippen molar-refractivity contribution in [1.29, 1.82) is 0 Å². The molecule has 1 aromatic carbocycles. The number of terminal acetylenes is 1. The number of aliphatic imine (C=N–C) groups is 1. The van der Waals surface area contributed by atoms with Crippen molar-refractivity contribution in [2.45, 2.75) is 0 Å². The van der Waals surface area contributed by atoms with Crippen molar-refractivity contribution in [3.8, 4) is 12.3 Å². The minimum Gasteiger partial charge on any atom is -0.343 e. The van der Waals surface area contributed by atoms with E-state index in [1.54, 1.807) is 0 Å². The first kappa shape index (κ1) is 9.54. The maximum absolute atomic E-state index is 5.14. The maximum Gasteiger partial charge on any atom is 0.0995 e. The molecule has 0 saturated heterocycles. The number of rotatable bonds is 2. The highest BCUT2D eigenvalue weighted by molar-refractivity contribution is 5.90. The number of aryl methyl sites for hydroxylation is 1. The fraction of sp³-hybridized carbons (Fsp3) is 0.154. The van der Waals surface area contributed by atoms with Gasteiger partial charge >= 0.3 is 0 Å². The van der Waals surface area contributed by atoms with Crippen LogP contribution in [-0.4, -0.2) is 17.3 Å². The Morgan fingerprint density at radius 2 is 2.27 bits per heavy atom. The van der Waals surface area contributed by atoms with Gasteiger partial charge in [-0.3, -0.25) is 4.99 Å². The van der Waals surface area contributed by atoms with Crippen molar-refractivity contribution in [2.75, 3.05) is 6.54 Å². The zero-order valence-corrected chi connectivity index (χ0v) is 8.64. The van der Waals surface area contributed by atoms with Crippen LogP contribution in [0.4, 0.5) is 0 Å². The summed E-state index contributed by atoms with van der Waals surface area (Å²) in [4.78, 5) is 4.13. The third kappa shape index (κ3) is 1.77. The number of fused-ring (bicyclic) bond motifs is 1. The second-order valence-electron chi connectivity index (χ2n) is 3.36. The molecule has 0 fully saturated rings. The second-order valence-corrected chi connectivity index (χ2v) is 3.36. The molecule has 2 rings (SSSR count). The molecule has 15 heavy (non-hydrogen) atoms. The minimum atomic E-state index is 0.432. The number of aromatic nitrogens is 1. The van der Waals surface area contributed by atoms with Gasteiger partial charge in [0.05, 0.1) is 12.2 Å². The van der Waals surface area contributed by atoms with E-state index in [4.69, 9.17) is 6.42 Å². The van der Waals surface area contributed by atoms with Gasteiger partial charge in [-0.2, -0.15) is 0 Å². The first-order valence-electron chi connectivity index (χ1n) is 4.80. The van der Waals surface area contributed by atoms with Crippen LogP contribution in [0.1, 0.15) is 5.69 Å². The Hall–Kier alpha value is -2.01. The molecule has 1 aromatic heterocycles. The molecule has 0 spiro atoms. The molecule has 0 N–H and O–H groups in total. The van der Waals surface area contributed by atoms with Crippen LogP contribution in [0.3, 0.4) is 0 Å². The summed E-state index contributed by atoms with van der Waals surface area (Å²) in [6.45, 7) is 0.432. The van der Waals surface area contributed by atoms with E-state index in [-0.39, 0.29) is 0 Å². The maximum atomic E-state index is 5.14. The van der Waals surface area contributed by atoms with Crippen molar-refractivity contribution in [2.24, 2.45) is 12.0 Å². The molecular formula is C13H12N2. The summed E-state index contributed by atoms with van der Waals surface area (Å²) in [5.74, 6) is 2.48. The Kier molecular flexibility index (Phi) is 2.55. The van der Waals surface area contributed by atoms with Gasteiger partial charge in [-0.25, -0.2) is 0 Å². The normalized spacial score (nSPS) is 10.9. The number of para-hydroxylation sites is 1. The predicted octanol–water partition coefficient (Wildman–Crippen LogP) is 2.23. The van der Waals surface area contributed by atoms with Crippen molar-refractivity contribution in [1.82, 2.24) is 4.57 Å². The highest BCUT2D eigenvalue weighted by atomic mass is 15.0. The van der Waals surface area contributed by atoms with E-state index in [1.165, 1.54) is 10.9 Å². The molecule has 0 aliphatic heterocycles. The van der Waals surface area contributed by atoms with E-state index in [1.807, 2.05) is 25.4 Å². The molecule has 0 saturated carbocycles. The fourth-order valence-corrected chi connectivity index (χ4v) is 1.63. The standard InChI is InChI=1S/C13H12N2/c1-3-8-14-10-12-9-11-6-4-5-7-13(11)15(12)2/h1,4-7,9-10H,8H2,2H3/b14-10+. The Balaban J connectivity index is 2.45. The van der Waals surface area contributed by atoms with Crippen molar-refractivity contribution >= 4 is 17.1 Å². The van der Waals surface area contributed by atoms with Crippen LogP contribution in [0.2, 0.25) is 0 Å². The molecule has 0 aliphatic carbocycles. The molecule has 2 heteroatoms. The van der Waals surface area contributed by atoms with Crippen LogP contribution < -0.4 is 0 Å². The number of nitrogens with zero attached hydrogens (tertiary/aromatic N) is 2. The van der Waals surface area contributed by atoms with Gasteiger partial charge in [-0.15, -0.1) is 6.42 Å². The van der Waals surface area contributed by atoms with Gasteiger partial charge in [-0.1, -0.05) is 24.1 Å². The molecule has 0 unspecified atom stereocenters. The molecule has 74 valence electrons. The number of hydrogen-bond donors (Lipinski definition) is 0. The summed E-state index contributed by atoms with van der Waals surface area (Å²) >= 11 is 0. The molecule has 2 nitrogen and oxygen atoms in total. The van der Waals surface area contributed by atoms with Crippen molar-refractivity contribution in [3.63, 3.8) is 0 Å². The smallest absolute Gasteiger partial charge is 0.0995 e. The summed E-state index contributed by atoms with van der Waals surface area (Å²) in [5.41, 5.74) is 2.28. The zero-order valence-electron chi connectivity index (χ0n) is 8.64. The molecular weight excluding hydrogens is 184 g/mol. The third-order valence-corrected chi connectivity index (χ3v) is 2.39. The van der Waals surface area contributed by atoms with Gasteiger partial charge in [0.25, 0.3) is 0 Å². The predicted molar refractivity (Wildman–Crippen MR) is 64.2 cm³/mol. The summed E-state index contributed by atoms with van der Waals surface area (Å²) in [6.07, 6.45) is 6.95. The first-order chi connectivity index (χ1) is 7.33. The third-order valence-electron chi connectivity index (χ3n) is 2.39. The summed E-state index contributed by atoms with van der Waals surface area (Å²) in [7, 11) is 2.03. The van der Waals surface area contributed by atoms with Gasteiger partial charge in [-0.05, 0) is 12.1 Å². The summed E-state index contributed by atoms with van der Waals surface area (Å²) in [5, 5.41) is 1.22. The molecule has 1 heterocycles. The van der Waals surface area contributed by atoms with E-state index in [2.05, 4.69) is 33.7 Å². The van der Waals surface area contributed by atoms with Crippen LogP contribution in [0, 0.1) is 12.3 Å². The summed E-state index contributed by atoms with van der Waals surface area (Å²) in [6, 6.07) is 10.4. The lowest BCUT2D eigenvalue weighted by Crippen LogP contribution is -1.94. The minimum absolute atomic E-state index is 0.432. The molecule has 0 atom stereocenters. The summed E-state index contributed by atoms with van der Waals surface area (Å²) < 4.78 is 2.11. The van der Waals surface area contributed by atoms with Crippen LogP contribution in [0.5, 0.6) is 0 Å². The van der Waals surface area contributed by atoms with E-state index < -0.39 is 0 Å². The van der Waals surface area contributed by atoms with Gasteiger partial charge < -0.3 is 4.57 Å².